The van der Waals surface area contributed by atoms with Crippen molar-refractivity contribution in [2.75, 3.05) is 32.4 Å². The average Bonchev–Trinajstić information content (AvgIpc) is 2.02. The van der Waals surface area contributed by atoms with Crippen LogP contribution in [0.25, 0.3) is 0 Å². The lowest BCUT2D eigenvalue weighted by atomic mass is 10.3. The van der Waals surface area contributed by atoms with Gasteiger partial charge in [-0.15, -0.1) is 0 Å². The van der Waals surface area contributed by atoms with Crippen LogP contribution in [0, 0.1) is 6.92 Å². The monoisotopic (exact) mass is 205 g/mol. The molecule has 1 fully saturated rings. The fraction of sp³-hybridized carbons (Fsp3) is 0.714. The molecular weight excluding hydrogens is 192 g/mol. The molecule has 0 spiro atoms. The van der Waals surface area contributed by atoms with Crippen molar-refractivity contribution in [2.45, 2.75) is 0 Å². The van der Waals surface area contributed by atoms with Crippen LogP contribution < -0.4 is 0 Å². The van der Waals surface area contributed by atoms with Crippen molar-refractivity contribution < 1.29 is 13.2 Å². The Labute approximate surface area is 78.4 Å². The van der Waals surface area contributed by atoms with Crippen molar-refractivity contribution in [2.24, 2.45) is 0 Å². The largest absolute Gasteiger partial charge is 0.340 e. The smallest absolute Gasteiger partial charge is 0.237 e. The van der Waals surface area contributed by atoms with Gasteiger partial charge in [0.05, 0.1) is 12.8 Å². The highest BCUT2D eigenvalue weighted by Gasteiger charge is 2.27. The van der Waals surface area contributed by atoms with Crippen molar-refractivity contribution >= 4 is 15.9 Å². The van der Waals surface area contributed by atoms with E-state index in [4.69, 9.17) is 0 Å². The lowest BCUT2D eigenvalue weighted by molar-refractivity contribution is -0.133. The number of nitrogens with zero attached hydrogens (tertiary/aromatic N) is 2. The highest BCUT2D eigenvalue weighted by atomic mass is 32.2. The highest BCUT2D eigenvalue weighted by Crippen LogP contribution is 2.06. The zero-order chi connectivity index (χ0) is 10.1. The Morgan fingerprint density at radius 1 is 1.46 bits per heavy atom. The summed E-state index contributed by atoms with van der Waals surface area (Å²) >= 11 is 0. The van der Waals surface area contributed by atoms with Gasteiger partial charge in [0, 0.05) is 19.6 Å². The van der Waals surface area contributed by atoms with Crippen LogP contribution >= 0.6 is 0 Å². The van der Waals surface area contributed by atoms with Gasteiger partial charge in [0.15, 0.2) is 0 Å². The molecule has 0 aliphatic carbocycles. The third-order valence-electron chi connectivity index (χ3n) is 2.02. The minimum Gasteiger partial charge on any atom is -0.340 e. The minimum atomic E-state index is -3.23. The van der Waals surface area contributed by atoms with Crippen LogP contribution in [0.1, 0.15) is 0 Å². The SMILES string of the molecule is [CH2]CN1CCN(S(C)(=O)=O)CC1=O. The number of rotatable bonds is 2. The van der Waals surface area contributed by atoms with E-state index in [2.05, 4.69) is 6.92 Å². The van der Waals surface area contributed by atoms with Crippen molar-refractivity contribution in [1.82, 2.24) is 9.21 Å². The van der Waals surface area contributed by atoms with Crippen molar-refractivity contribution in [3.63, 3.8) is 0 Å². The normalized spacial score (nSPS) is 20.8. The first-order valence-corrected chi connectivity index (χ1v) is 5.82. The molecule has 1 amide bonds. The summed E-state index contributed by atoms with van der Waals surface area (Å²) in [4.78, 5) is 12.8. The van der Waals surface area contributed by atoms with Crippen LogP contribution in [0.2, 0.25) is 0 Å². The summed E-state index contributed by atoms with van der Waals surface area (Å²) in [6.07, 6.45) is 1.11. The number of sulfonamides is 1. The van der Waals surface area contributed by atoms with Gasteiger partial charge in [-0.25, -0.2) is 8.42 Å². The zero-order valence-electron chi connectivity index (χ0n) is 7.56. The predicted molar refractivity (Wildman–Crippen MR) is 48.4 cm³/mol. The van der Waals surface area contributed by atoms with E-state index in [1.165, 1.54) is 4.31 Å². The quantitative estimate of drug-likeness (QED) is 0.576. The van der Waals surface area contributed by atoms with Gasteiger partial charge >= 0.3 is 0 Å². The molecule has 1 saturated heterocycles. The molecule has 0 N–H and O–H groups in total. The second kappa shape index (κ2) is 3.63. The number of carbonyl (C=O) groups excluding carboxylic acids is 1. The van der Waals surface area contributed by atoms with Crippen molar-refractivity contribution in [1.29, 1.82) is 0 Å². The van der Waals surface area contributed by atoms with E-state index in [1.54, 1.807) is 4.90 Å². The van der Waals surface area contributed by atoms with E-state index >= 15 is 0 Å². The molecule has 0 atom stereocenters. The standard InChI is InChI=1S/C7H13N2O3S/c1-3-8-4-5-9(6-7(8)10)13(2,11)12/h1,3-6H2,2H3. The molecule has 75 valence electrons. The summed E-state index contributed by atoms with van der Waals surface area (Å²) in [6, 6.07) is 0. The molecule has 0 unspecified atom stereocenters. The van der Waals surface area contributed by atoms with Gasteiger partial charge in [0.1, 0.15) is 0 Å². The van der Waals surface area contributed by atoms with E-state index in [9.17, 15) is 13.2 Å². The molecule has 1 aliphatic rings. The third kappa shape index (κ3) is 2.41. The van der Waals surface area contributed by atoms with Gasteiger partial charge < -0.3 is 4.90 Å². The van der Waals surface area contributed by atoms with Crippen molar-refractivity contribution in [3.05, 3.63) is 6.92 Å². The Morgan fingerprint density at radius 3 is 2.46 bits per heavy atom. The maximum absolute atomic E-state index is 11.3. The van der Waals surface area contributed by atoms with Crippen LogP contribution in [-0.4, -0.2) is 56.0 Å². The van der Waals surface area contributed by atoms with E-state index in [0.29, 0.717) is 19.6 Å². The van der Waals surface area contributed by atoms with Gasteiger partial charge in [-0.3, -0.25) is 4.79 Å². The summed E-state index contributed by atoms with van der Waals surface area (Å²) in [5, 5.41) is 0. The van der Waals surface area contributed by atoms with Gasteiger partial charge in [-0.05, 0) is 6.92 Å². The second-order valence-corrected chi connectivity index (χ2v) is 4.96. The van der Waals surface area contributed by atoms with Crippen LogP contribution in [0.5, 0.6) is 0 Å². The van der Waals surface area contributed by atoms with Gasteiger partial charge in [0.2, 0.25) is 15.9 Å². The molecule has 6 heteroatoms. The molecular formula is C7H13N2O3S. The topological polar surface area (TPSA) is 57.7 Å². The Hall–Kier alpha value is -0.620. The molecule has 1 aliphatic heterocycles. The van der Waals surface area contributed by atoms with Crippen LogP contribution in [0.3, 0.4) is 0 Å². The number of carbonyl (C=O) groups is 1. The molecule has 0 aromatic rings. The number of amides is 1. The van der Waals surface area contributed by atoms with E-state index in [0.717, 1.165) is 6.26 Å². The van der Waals surface area contributed by atoms with Crippen LogP contribution in [-0.2, 0) is 14.8 Å². The first kappa shape index (κ1) is 10.5. The van der Waals surface area contributed by atoms with Crippen LogP contribution in [0.15, 0.2) is 0 Å². The molecule has 13 heavy (non-hydrogen) atoms. The molecule has 0 aromatic carbocycles. The zero-order valence-corrected chi connectivity index (χ0v) is 8.38. The molecule has 0 aromatic heterocycles. The molecule has 1 radical (unpaired) electrons. The van der Waals surface area contributed by atoms with E-state index in [1.807, 2.05) is 0 Å². The van der Waals surface area contributed by atoms with Gasteiger partial charge in [-0.2, -0.15) is 4.31 Å². The van der Waals surface area contributed by atoms with E-state index in [-0.39, 0.29) is 12.5 Å². The fourth-order valence-electron chi connectivity index (χ4n) is 1.21. The van der Waals surface area contributed by atoms with Gasteiger partial charge in [0.25, 0.3) is 0 Å². The van der Waals surface area contributed by atoms with E-state index < -0.39 is 10.0 Å². The fourth-order valence-corrected chi connectivity index (χ4v) is 1.96. The predicted octanol–water partition coefficient (Wildman–Crippen LogP) is -1.08. The summed E-state index contributed by atoms with van der Waals surface area (Å²) in [5.74, 6) is -0.174. The Morgan fingerprint density at radius 2 is 2.08 bits per heavy atom. The lowest BCUT2D eigenvalue weighted by Gasteiger charge is -2.31. The molecule has 1 heterocycles. The summed E-state index contributed by atoms with van der Waals surface area (Å²) in [6.45, 7) is 4.75. The van der Waals surface area contributed by atoms with Crippen LogP contribution in [0.4, 0.5) is 0 Å². The number of hydrogen-bond acceptors (Lipinski definition) is 3. The first-order chi connectivity index (χ1) is 5.95. The second-order valence-electron chi connectivity index (χ2n) is 2.98. The molecule has 5 nitrogen and oxygen atoms in total. The summed E-state index contributed by atoms with van der Waals surface area (Å²) in [7, 11) is -3.23. The number of hydrogen-bond donors (Lipinski definition) is 0. The third-order valence-corrected chi connectivity index (χ3v) is 3.27. The molecule has 0 saturated carbocycles. The number of piperazine rings is 1. The maximum Gasteiger partial charge on any atom is 0.237 e. The van der Waals surface area contributed by atoms with Crippen molar-refractivity contribution in [3.8, 4) is 0 Å². The Bertz CT molecular complexity index is 299. The average molecular weight is 205 g/mol. The molecule has 1 rings (SSSR count). The molecule has 0 bridgehead atoms. The first-order valence-electron chi connectivity index (χ1n) is 3.97. The maximum atomic E-state index is 11.3. The summed E-state index contributed by atoms with van der Waals surface area (Å²) in [5.41, 5.74) is 0. The summed E-state index contributed by atoms with van der Waals surface area (Å²) < 4.78 is 23.3. The van der Waals surface area contributed by atoms with Gasteiger partial charge in [-0.1, -0.05) is 0 Å². The lowest BCUT2D eigenvalue weighted by Crippen LogP contribution is -2.51. The minimum absolute atomic E-state index is 0.0473. The Kier molecular flexibility index (Phi) is 2.92. The highest BCUT2D eigenvalue weighted by molar-refractivity contribution is 7.88. The Balaban J connectivity index is 2.67.